The fraction of sp³-hybridized carbons (Fsp3) is 0.0500. The van der Waals surface area contributed by atoms with E-state index in [-0.39, 0.29) is 5.56 Å². The van der Waals surface area contributed by atoms with E-state index in [9.17, 15) is 4.79 Å². The second-order valence-corrected chi connectivity index (χ2v) is 6.93. The normalized spacial score (nSPS) is 10.8. The molecule has 2 aromatic carbocycles. The Morgan fingerprint density at radius 2 is 1.82 bits per heavy atom. The van der Waals surface area contributed by atoms with E-state index in [0.29, 0.717) is 11.5 Å². The Bertz CT molecular complexity index is 1150. The minimum absolute atomic E-state index is 0.231. The Morgan fingerprint density at radius 1 is 1.11 bits per heavy atom. The molecular formula is C20H16BrN5O2. The van der Waals surface area contributed by atoms with E-state index in [1.165, 1.54) is 0 Å². The Hall–Kier alpha value is -3.39. The van der Waals surface area contributed by atoms with Gasteiger partial charge in [0.15, 0.2) is 11.5 Å². The first-order valence-electron chi connectivity index (χ1n) is 8.41. The van der Waals surface area contributed by atoms with Gasteiger partial charge < -0.3 is 15.8 Å². The molecular weight excluding hydrogens is 422 g/mol. The van der Waals surface area contributed by atoms with Crippen molar-refractivity contribution in [1.82, 2.24) is 14.6 Å². The average molecular weight is 438 g/mol. The number of halogens is 1. The van der Waals surface area contributed by atoms with Gasteiger partial charge in [-0.2, -0.15) is 0 Å². The standard InChI is InChI=1S/C20H16BrN5O2/c1-28-15-8-6-14(7-9-15)24-19-17(18(22)27)20-23-11-10-16(26(20)25-19)12-2-4-13(21)5-3-12/h2-11H,1H3,(H2,22,27)(H,24,25). The number of nitrogens with two attached hydrogens (primary N) is 1. The van der Waals surface area contributed by atoms with Gasteiger partial charge in [0, 0.05) is 21.9 Å². The molecule has 0 atom stereocenters. The number of amides is 1. The maximum absolute atomic E-state index is 12.1. The van der Waals surface area contributed by atoms with Crippen molar-refractivity contribution in [3.8, 4) is 17.0 Å². The van der Waals surface area contributed by atoms with Crippen LogP contribution < -0.4 is 15.8 Å². The first-order chi connectivity index (χ1) is 13.6. The number of hydrogen-bond donors (Lipinski definition) is 2. The molecule has 0 unspecified atom stereocenters. The van der Waals surface area contributed by atoms with Crippen molar-refractivity contribution >= 4 is 39.0 Å². The van der Waals surface area contributed by atoms with Crippen LogP contribution in [0.1, 0.15) is 10.4 Å². The van der Waals surface area contributed by atoms with E-state index in [0.717, 1.165) is 27.2 Å². The van der Waals surface area contributed by atoms with Gasteiger partial charge in [-0.1, -0.05) is 28.1 Å². The number of anilines is 2. The van der Waals surface area contributed by atoms with Crippen molar-refractivity contribution in [2.75, 3.05) is 12.4 Å². The number of fused-ring (bicyclic) bond motifs is 1. The minimum Gasteiger partial charge on any atom is -0.497 e. The monoisotopic (exact) mass is 437 g/mol. The number of methoxy groups -OCH3 is 1. The summed E-state index contributed by atoms with van der Waals surface area (Å²) >= 11 is 3.43. The molecule has 4 rings (SSSR count). The summed E-state index contributed by atoms with van der Waals surface area (Å²) in [7, 11) is 1.60. The van der Waals surface area contributed by atoms with E-state index in [2.05, 4.69) is 31.3 Å². The predicted molar refractivity (Wildman–Crippen MR) is 111 cm³/mol. The molecule has 28 heavy (non-hydrogen) atoms. The van der Waals surface area contributed by atoms with Crippen molar-refractivity contribution in [3.63, 3.8) is 0 Å². The van der Waals surface area contributed by atoms with Gasteiger partial charge in [0.2, 0.25) is 0 Å². The maximum atomic E-state index is 12.1. The van der Waals surface area contributed by atoms with Crippen molar-refractivity contribution in [2.24, 2.45) is 5.73 Å². The van der Waals surface area contributed by atoms with Crippen LogP contribution >= 0.6 is 15.9 Å². The lowest BCUT2D eigenvalue weighted by Crippen LogP contribution is -2.13. The number of ether oxygens (including phenoxy) is 1. The molecule has 7 nitrogen and oxygen atoms in total. The molecule has 0 bridgehead atoms. The molecule has 140 valence electrons. The molecule has 1 amide bonds. The minimum atomic E-state index is -0.605. The molecule has 4 aromatic rings. The maximum Gasteiger partial charge on any atom is 0.256 e. The number of carbonyl (C=O) groups excluding carboxylic acids is 1. The Labute approximate surface area is 169 Å². The van der Waals surface area contributed by atoms with Crippen LogP contribution in [0, 0.1) is 0 Å². The summed E-state index contributed by atoms with van der Waals surface area (Å²) in [4.78, 5) is 16.5. The fourth-order valence-corrected chi connectivity index (χ4v) is 3.17. The quantitative estimate of drug-likeness (QED) is 0.491. The Kier molecular flexibility index (Phi) is 4.70. The molecule has 2 heterocycles. The summed E-state index contributed by atoms with van der Waals surface area (Å²) in [6.45, 7) is 0. The second kappa shape index (κ2) is 7.32. The van der Waals surface area contributed by atoms with Crippen LogP contribution in [-0.2, 0) is 0 Å². The number of primary amides is 1. The van der Waals surface area contributed by atoms with Crippen molar-refractivity contribution < 1.29 is 9.53 Å². The summed E-state index contributed by atoms with van der Waals surface area (Å²) in [6, 6.07) is 16.9. The van der Waals surface area contributed by atoms with Crippen LogP contribution in [0.3, 0.4) is 0 Å². The lowest BCUT2D eigenvalue weighted by atomic mass is 10.1. The molecule has 0 saturated carbocycles. The molecule has 0 aliphatic carbocycles. The number of hydrogen-bond acceptors (Lipinski definition) is 5. The van der Waals surface area contributed by atoms with Gasteiger partial charge >= 0.3 is 0 Å². The number of benzene rings is 2. The van der Waals surface area contributed by atoms with Gasteiger partial charge in [-0.25, -0.2) is 9.50 Å². The zero-order chi connectivity index (χ0) is 19.7. The highest BCUT2D eigenvalue weighted by Crippen LogP contribution is 2.28. The molecule has 3 N–H and O–H groups in total. The molecule has 0 aliphatic heterocycles. The van der Waals surface area contributed by atoms with Crippen molar-refractivity contribution in [3.05, 3.63) is 70.8 Å². The second-order valence-electron chi connectivity index (χ2n) is 6.01. The van der Waals surface area contributed by atoms with Gasteiger partial charge in [0.25, 0.3) is 5.91 Å². The largest absolute Gasteiger partial charge is 0.497 e. The van der Waals surface area contributed by atoms with E-state index >= 15 is 0 Å². The van der Waals surface area contributed by atoms with Crippen LogP contribution in [0.5, 0.6) is 5.75 Å². The molecule has 8 heteroatoms. The van der Waals surface area contributed by atoms with E-state index in [4.69, 9.17) is 10.5 Å². The third kappa shape index (κ3) is 3.29. The van der Waals surface area contributed by atoms with E-state index in [1.54, 1.807) is 17.8 Å². The molecule has 0 fully saturated rings. The molecule has 0 saturated heterocycles. The zero-order valence-corrected chi connectivity index (χ0v) is 16.5. The van der Waals surface area contributed by atoms with Gasteiger partial charge in [-0.3, -0.25) is 4.79 Å². The molecule has 0 radical (unpaired) electrons. The lowest BCUT2D eigenvalue weighted by Gasteiger charge is -2.05. The van der Waals surface area contributed by atoms with Gasteiger partial charge in [0.05, 0.1) is 12.8 Å². The van der Waals surface area contributed by atoms with E-state index < -0.39 is 5.91 Å². The highest BCUT2D eigenvalue weighted by atomic mass is 79.9. The predicted octanol–water partition coefficient (Wildman–Crippen LogP) is 4.01. The lowest BCUT2D eigenvalue weighted by molar-refractivity contribution is 0.100. The van der Waals surface area contributed by atoms with Gasteiger partial charge in [-0.15, -0.1) is 5.10 Å². The average Bonchev–Trinajstić information content (AvgIpc) is 3.07. The van der Waals surface area contributed by atoms with Crippen LogP contribution in [0.15, 0.2) is 65.3 Å². The summed E-state index contributed by atoms with van der Waals surface area (Å²) in [5, 5.41) is 7.72. The Morgan fingerprint density at radius 3 is 2.46 bits per heavy atom. The SMILES string of the molecule is COc1ccc(Nc2nn3c(-c4ccc(Br)cc4)ccnc3c2C(N)=O)cc1. The first kappa shape index (κ1) is 18.0. The summed E-state index contributed by atoms with van der Waals surface area (Å²) < 4.78 is 7.76. The third-order valence-corrected chi connectivity index (χ3v) is 4.79. The Balaban J connectivity index is 1.84. The van der Waals surface area contributed by atoms with Crippen LogP contribution in [0.2, 0.25) is 0 Å². The van der Waals surface area contributed by atoms with Crippen LogP contribution in [-0.4, -0.2) is 27.6 Å². The molecule has 0 aliphatic rings. The number of nitrogens with one attached hydrogen (secondary N) is 1. The van der Waals surface area contributed by atoms with Gasteiger partial charge in [0.1, 0.15) is 11.3 Å². The van der Waals surface area contributed by atoms with Gasteiger partial charge in [-0.05, 0) is 42.5 Å². The number of carbonyl (C=O) groups is 1. The molecule has 2 aromatic heterocycles. The van der Waals surface area contributed by atoms with Crippen LogP contribution in [0.4, 0.5) is 11.5 Å². The topological polar surface area (TPSA) is 94.5 Å². The highest BCUT2D eigenvalue weighted by Gasteiger charge is 2.21. The first-order valence-corrected chi connectivity index (χ1v) is 9.20. The van der Waals surface area contributed by atoms with Crippen LogP contribution in [0.25, 0.3) is 16.9 Å². The smallest absolute Gasteiger partial charge is 0.256 e. The summed E-state index contributed by atoms with van der Waals surface area (Å²) in [5.41, 5.74) is 8.74. The summed E-state index contributed by atoms with van der Waals surface area (Å²) in [6.07, 6.45) is 1.64. The number of rotatable bonds is 5. The van der Waals surface area contributed by atoms with Crippen molar-refractivity contribution in [2.45, 2.75) is 0 Å². The fourth-order valence-electron chi connectivity index (χ4n) is 2.91. The number of aromatic nitrogens is 3. The summed E-state index contributed by atoms with van der Waals surface area (Å²) in [5.74, 6) is 0.469. The number of nitrogens with zero attached hydrogens (tertiary/aromatic N) is 3. The third-order valence-electron chi connectivity index (χ3n) is 4.26. The highest BCUT2D eigenvalue weighted by molar-refractivity contribution is 9.10. The zero-order valence-electron chi connectivity index (χ0n) is 14.9. The molecule has 0 spiro atoms. The van der Waals surface area contributed by atoms with Crippen molar-refractivity contribution in [1.29, 1.82) is 0 Å². The van der Waals surface area contributed by atoms with E-state index in [1.807, 2.05) is 54.6 Å².